The van der Waals surface area contributed by atoms with Gasteiger partial charge < -0.3 is 10.1 Å². The van der Waals surface area contributed by atoms with Crippen LogP contribution in [0.3, 0.4) is 0 Å². The highest BCUT2D eigenvalue weighted by Gasteiger charge is 2.09. The summed E-state index contributed by atoms with van der Waals surface area (Å²) in [6.07, 6.45) is 3.37. The molecule has 0 unspecified atom stereocenters. The maximum atomic E-state index is 12.0. The average molecular weight is 389 g/mol. The zero-order chi connectivity index (χ0) is 17.1. The number of carbonyl (C=O) groups excluding carboxylic acids is 1. The molecule has 2 aromatic heterocycles. The van der Waals surface area contributed by atoms with E-state index in [2.05, 4.69) is 31.3 Å². The summed E-state index contributed by atoms with van der Waals surface area (Å²) in [6.45, 7) is 4.03. The van der Waals surface area contributed by atoms with Crippen molar-refractivity contribution in [2.75, 3.05) is 11.9 Å². The zero-order valence-electron chi connectivity index (χ0n) is 13.4. The highest BCUT2D eigenvalue weighted by molar-refractivity contribution is 9.10. The van der Waals surface area contributed by atoms with Gasteiger partial charge in [0.25, 0.3) is 5.91 Å². The highest BCUT2D eigenvalue weighted by atomic mass is 79.9. The molecule has 7 heteroatoms. The van der Waals surface area contributed by atoms with Crippen LogP contribution < -0.4 is 10.1 Å². The summed E-state index contributed by atoms with van der Waals surface area (Å²) in [7, 11) is 0. The Morgan fingerprint density at radius 2 is 2.04 bits per heavy atom. The fourth-order valence-corrected chi connectivity index (χ4v) is 2.53. The van der Waals surface area contributed by atoms with Crippen LogP contribution in [-0.4, -0.2) is 27.3 Å². The standard InChI is InChI=1S/C17H17BrN4O2/c1-11(2)22-17-12(8-20-22)7-14(9-19-17)21-16(23)10-24-15-5-3-13(18)4-6-15/h3-9,11H,10H2,1-2H3,(H,21,23). The largest absolute Gasteiger partial charge is 0.484 e. The van der Waals surface area contributed by atoms with E-state index in [4.69, 9.17) is 4.74 Å². The van der Waals surface area contributed by atoms with Crippen molar-refractivity contribution < 1.29 is 9.53 Å². The number of amides is 1. The Morgan fingerprint density at radius 1 is 1.29 bits per heavy atom. The molecule has 0 aliphatic rings. The Bertz CT molecular complexity index is 859. The molecule has 0 fully saturated rings. The fourth-order valence-electron chi connectivity index (χ4n) is 2.26. The Labute approximate surface area is 148 Å². The second kappa shape index (κ2) is 7.00. The van der Waals surface area contributed by atoms with Crippen LogP contribution in [0.5, 0.6) is 5.75 Å². The van der Waals surface area contributed by atoms with Crippen LogP contribution in [0.1, 0.15) is 19.9 Å². The summed E-state index contributed by atoms with van der Waals surface area (Å²) in [5.41, 5.74) is 1.42. The molecule has 0 saturated carbocycles. The number of nitrogens with zero attached hydrogens (tertiary/aromatic N) is 3. The molecule has 124 valence electrons. The summed E-state index contributed by atoms with van der Waals surface area (Å²) in [4.78, 5) is 16.4. The Balaban J connectivity index is 1.63. The molecule has 0 spiro atoms. The number of anilines is 1. The van der Waals surface area contributed by atoms with Crippen molar-refractivity contribution in [2.45, 2.75) is 19.9 Å². The van der Waals surface area contributed by atoms with Gasteiger partial charge in [-0.15, -0.1) is 0 Å². The number of rotatable bonds is 5. The molecular formula is C17H17BrN4O2. The zero-order valence-corrected chi connectivity index (χ0v) is 14.9. The minimum absolute atomic E-state index is 0.0646. The molecule has 24 heavy (non-hydrogen) atoms. The number of aromatic nitrogens is 3. The normalized spacial score (nSPS) is 11.0. The number of pyridine rings is 1. The van der Waals surface area contributed by atoms with Gasteiger partial charge in [0.15, 0.2) is 12.3 Å². The molecular weight excluding hydrogens is 372 g/mol. The molecule has 0 atom stereocenters. The topological polar surface area (TPSA) is 69.0 Å². The van der Waals surface area contributed by atoms with Crippen molar-refractivity contribution >= 4 is 38.6 Å². The molecule has 1 aromatic carbocycles. The molecule has 0 bridgehead atoms. The van der Waals surface area contributed by atoms with E-state index in [0.717, 1.165) is 15.5 Å². The van der Waals surface area contributed by atoms with E-state index >= 15 is 0 Å². The van der Waals surface area contributed by atoms with Crippen LogP contribution in [0, 0.1) is 0 Å². The lowest BCUT2D eigenvalue weighted by Gasteiger charge is -2.08. The van der Waals surface area contributed by atoms with E-state index in [1.165, 1.54) is 0 Å². The molecule has 6 nitrogen and oxygen atoms in total. The van der Waals surface area contributed by atoms with Crippen molar-refractivity contribution in [2.24, 2.45) is 0 Å². The lowest BCUT2D eigenvalue weighted by atomic mass is 10.3. The van der Waals surface area contributed by atoms with Crippen LogP contribution in [0.4, 0.5) is 5.69 Å². The lowest BCUT2D eigenvalue weighted by molar-refractivity contribution is -0.118. The Kier molecular flexibility index (Phi) is 4.80. The van der Waals surface area contributed by atoms with Gasteiger partial charge in [-0.25, -0.2) is 9.67 Å². The lowest BCUT2D eigenvalue weighted by Crippen LogP contribution is -2.20. The number of fused-ring (bicyclic) bond motifs is 1. The highest BCUT2D eigenvalue weighted by Crippen LogP contribution is 2.19. The molecule has 0 aliphatic heterocycles. The third-order valence-electron chi connectivity index (χ3n) is 3.39. The predicted molar refractivity (Wildman–Crippen MR) is 96.2 cm³/mol. The number of nitrogens with one attached hydrogen (secondary N) is 1. The summed E-state index contributed by atoms with van der Waals surface area (Å²) >= 11 is 3.35. The van der Waals surface area contributed by atoms with Crippen LogP contribution in [0.2, 0.25) is 0 Å². The number of halogens is 1. The second-order valence-corrected chi connectivity index (χ2v) is 6.53. The Hall–Kier alpha value is -2.41. The van der Waals surface area contributed by atoms with Gasteiger partial charge >= 0.3 is 0 Å². The summed E-state index contributed by atoms with van der Waals surface area (Å²) in [5, 5.41) is 7.98. The third-order valence-corrected chi connectivity index (χ3v) is 3.92. The summed E-state index contributed by atoms with van der Waals surface area (Å²) in [6, 6.07) is 9.40. The fraction of sp³-hybridized carbons (Fsp3) is 0.235. The molecule has 0 saturated heterocycles. The van der Waals surface area contributed by atoms with Gasteiger partial charge in [0.05, 0.1) is 18.1 Å². The number of ether oxygens (including phenoxy) is 1. The third kappa shape index (κ3) is 3.73. The monoisotopic (exact) mass is 388 g/mol. The molecule has 3 rings (SSSR count). The van der Waals surface area contributed by atoms with Gasteiger partial charge in [-0.3, -0.25) is 4.79 Å². The first-order valence-corrected chi connectivity index (χ1v) is 8.34. The van der Waals surface area contributed by atoms with Crippen LogP contribution >= 0.6 is 15.9 Å². The van der Waals surface area contributed by atoms with Crippen molar-refractivity contribution in [1.82, 2.24) is 14.8 Å². The quantitative estimate of drug-likeness (QED) is 0.721. The smallest absolute Gasteiger partial charge is 0.262 e. The SMILES string of the molecule is CC(C)n1ncc2cc(NC(=O)COc3ccc(Br)cc3)cnc21. The van der Waals surface area contributed by atoms with Gasteiger partial charge in [0, 0.05) is 15.9 Å². The first-order valence-electron chi connectivity index (χ1n) is 7.54. The van der Waals surface area contributed by atoms with Crippen molar-refractivity contribution in [3.63, 3.8) is 0 Å². The molecule has 1 amide bonds. The van der Waals surface area contributed by atoms with Crippen LogP contribution in [-0.2, 0) is 4.79 Å². The van der Waals surface area contributed by atoms with Crippen molar-refractivity contribution in [3.8, 4) is 5.75 Å². The molecule has 0 radical (unpaired) electrons. The second-order valence-electron chi connectivity index (χ2n) is 5.61. The average Bonchev–Trinajstić information content (AvgIpc) is 2.97. The van der Waals surface area contributed by atoms with Gasteiger partial charge in [0.2, 0.25) is 0 Å². The summed E-state index contributed by atoms with van der Waals surface area (Å²) in [5.74, 6) is 0.399. The molecule has 0 aliphatic carbocycles. The van der Waals surface area contributed by atoms with E-state index in [9.17, 15) is 4.79 Å². The van der Waals surface area contributed by atoms with Gasteiger partial charge in [0.1, 0.15) is 5.75 Å². The molecule has 3 aromatic rings. The van der Waals surface area contributed by atoms with E-state index in [-0.39, 0.29) is 18.6 Å². The number of carbonyl (C=O) groups is 1. The van der Waals surface area contributed by atoms with Crippen molar-refractivity contribution in [1.29, 1.82) is 0 Å². The van der Waals surface area contributed by atoms with Crippen LogP contribution in [0.25, 0.3) is 11.0 Å². The van der Waals surface area contributed by atoms with Gasteiger partial charge in [-0.05, 0) is 44.2 Å². The van der Waals surface area contributed by atoms with E-state index < -0.39 is 0 Å². The number of hydrogen-bond donors (Lipinski definition) is 1. The Morgan fingerprint density at radius 3 is 2.75 bits per heavy atom. The predicted octanol–water partition coefficient (Wildman–Crippen LogP) is 3.79. The van der Waals surface area contributed by atoms with E-state index in [1.807, 2.05) is 36.7 Å². The minimum Gasteiger partial charge on any atom is -0.484 e. The molecule has 1 N–H and O–H groups in total. The number of hydrogen-bond acceptors (Lipinski definition) is 4. The van der Waals surface area contributed by atoms with E-state index in [0.29, 0.717) is 11.4 Å². The summed E-state index contributed by atoms with van der Waals surface area (Å²) < 4.78 is 8.25. The molecule has 2 heterocycles. The van der Waals surface area contributed by atoms with E-state index in [1.54, 1.807) is 24.5 Å². The van der Waals surface area contributed by atoms with Crippen LogP contribution in [0.15, 0.2) is 47.2 Å². The maximum absolute atomic E-state index is 12.0. The minimum atomic E-state index is -0.240. The number of benzene rings is 1. The van der Waals surface area contributed by atoms with Gasteiger partial charge in [-0.1, -0.05) is 15.9 Å². The first kappa shape index (κ1) is 16.4. The van der Waals surface area contributed by atoms with Gasteiger partial charge in [-0.2, -0.15) is 5.10 Å². The van der Waals surface area contributed by atoms with Crippen molar-refractivity contribution in [3.05, 3.63) is 47.2 Å². The first-order chi connectivity index (χ1) is 11.5. The maximum Gasteiger partial charge on any atom is 0.262 e.